The number of aromatic nitrogens is 2. The van der Waals surface area contributed by atoms with Crippen LogP contribution in [0.1, 0.15) is 32.4 Å². The van der Waals surface area contributed by atoms with Crippen molar-refractivity contribution in [3.05, 3.63) is 5.69 Å². The van der Waals surface area contributed by atoms with Crippen LogP contribution < -0.4 is 11.1 Å². The number of anilines is 2. The first-order chi connectivity index (χ1) is 8.06. The second-order valence-electron chi connectivity index (χ2n) is 4.96. The number of nitrogens with zero attached hydrogens (tertiary/aromatic N) is 2. The van der Waals surface area contributed by atoms with Crippen molar-refractivity contribution >= 4 is 11.5 Å². The highest BCUT2D eigenvalue weighted by molar-refractivity contribution is 5.65. The maximum Gasteiger partial charge on any atom is 0.148 e. The van der Waals surface area contributed by atoms with Crippen LogP contribution in [0.25, 0.3) is 0 Å². The van der Waals surface area contributed by atoms with Crippen LogP contribution in [-0.4, -0.2) is 28.5 Å². The molecular weight excluding hydrogens is 216 g/mol. The van der Waals surface area contributed by atoms with E-state index in [2.05, 4.69) is 24.3 Å². The topological polar surface area (TPSA) is 65.1 Å². The van der Waals surface area contributed by atoms with Gasteiger partial charge in [0.1, 0.15) is 5.82 Å². The molecule has 0 atom stereocenters. The highest BCUT2D eigenvalue weighted by Crippen LogP contribution is 2.30. The number of nitrogens with two attached hydrogens (primary N) is 1. The van der Waals surface area contributed by atoms with Gasteiger partial charge in [-0.1, -0.05) is 0 Å². The molecular formula is C12H22N4O. The van der Waals surface area contributed by atoms with Crippen molar-refractivity contribution in [1.82, 2.24) is 9.78 Å². The Morgan fingerprint density at radius 3 is 2.71 bits per heavy atom. The van der Waals surface area contributed by atoms with E-state index in [9.17, 15) is 0 Å². The van der Waals surface area contributed by atoms with Gasteiger partial charge in [0, 0.05) is 25.3 Å². The lowest BCUT2D eigenvalue weighted by Gasteiger charge is -2.35. The zero-order chi connectivity index (χ0) is 12.5. The first-order valence-electron chi connectivity index (χ1n) is 6.24. The van der Waals surface area contributed by atoms with Gasteiger partial charge in [0.05, 0.1) is 11.4 Å². The van der Waals surface area contributed by atoms with E-state index in [0.717, 1.165) is 49.8 Å². The normalized spacial score (nSPS) is 19.2. The van der Waals surface area contributed by atoms with Gasteiger partial charge in [-0.25, -0.2) is 4.68 Å². The van der Waals surface area contributed by atoms with Gasteiger partial charge in [0.2, 0.25) is 0 Å². The number of rotatable bonds is 3. The Hall–Kier alpha value is -1.23. The molecule has 5 nitrogen and oxygen atoms in total. The van der Waals surface area contributed by atoms with Gasteiger partial charge in [-0.3, -0.25) is 0 Å². The molecule has 0 unspecified atom stereocenters. The number of hydrogen-bond acceptors (Lipinski definition) is 4. The van der Waals surface area contributed by atoms with Gasteiger partial charge in [0.25, 0.3) is 0 Å². The van der Waals surface area contributed by atoms with Gasteiger partial charge < -0.3 is 15.8 Å². The minimum Gasteiger partial charge on any atom is -0.394 e. The average molecular weight is 238 g/mol. The van der Waals surface area contributed by atoms with E-state index in [4.69, 9.17) is 10.5 Å². The molecule has 1 saturated heterocycles. The van der Waals surface area contributed by atoms with Crippen molar-refractivity contribution in [1.29, 1.82) is 0 Å². The van der Waals surface area contributed by atoms with E-state index >= 15 is 0 Å². The molecule has 0 aromatic carbocycles. The number of nitrogen functional groups attached to an aromatic ring is 1. The van der Waals surface area contributed by atoms with Gasteiger partial charge >= 0.3 is 0 Å². The van der Waals surface area contributed by atoms with Crippen molar-refractivity contribution in [3.8, 4) is 0 Å². The molecule has 17 heavy (non-hydrogen) atoms. The van der Waals surface area contributed by atoms with Crippen molar-refractivity contribution in [3.63, 3.8) is 0 Å². The maximum absolute atomic E-state index is 6.08. The number of nitrogens with one attached hydrogen (secondary N) is 1. The minimum absolute atomic E-state index is 0.0613. The summed E-state index contributed by atoms with van der Waals surface area (Å²) in [6, 6.07) is 0. The molecule has 2 rings (SSSR count). The molecule has 96 valence electrons. The first kappa shape index (κ1) is 12.2. The van der Waals surface area contributed by atoms with Crippen LogP contribution in [0.4, 0.5) is 11.5 Å². The largest absolute Gasteiger partial charge is 0.394 e. The number of aryl methyl sites for hydroxylation is 2. The molecule has 0 bridgehead atoms. The van der Waals surface area contributed by atoms with Crippen molar-refractivity contribution < 1.29 is 4.74 Å². The Morgan fingerprint density at radius 1 is 1.47 bits per heavy atom. The second kappa shape index (κ2) is 4.56. The quantitative estimate of drug-likeness (QED) is 0.842. The summed E-state index contributed by atoms with van der Waals surface area (Å²) >= 11 is 0. The lowest BCUT2D eigenvalue weighted by Crippen LogP contribution is -2.41. The molecule has 0 radical (unpaired) electrons. The van der Waals surface area contributed by atoms with Crippen LogP contribution in [0.15, 0.2) is 0 Å². The second-order valence-corrected chi connectivity index (χ2v) is 4.96. The summed E-state index contributed by atoms with van der Waals surface area (Å²) in [5.41, 5.74) is 7.80. The molecule has 1 aliphatic rings. The SMILES string of the molecule is CCn1nc(C)c(N)c1NC1(C)CCOCC1. The molecule has 2 heterocycles. The van der Waals surface area contributed by atoms with Crippen LogP contribution in [0.5, 0.6) is 0 Å². The molecule has 1 aromatic heterocycles. The summed E-state index contributed by atoms with van der Waals surface area (Å²) in [4.78, 5) is 0. The molecule has 1 aromatic rings. The van der Waals surface area contributed by atoms with E-state index in [1.165, 1.54) is 0 Å². The summed E-state index contributed by atoms with van der Waals surface area (Å²) in [7, 11) is 0. The van der Waals surface area contributed by atoms with E-state index in [-0.39, 0.29) is 5.54 Å². The Kier molecular flexibility index (Phi) is 3.28. The summed E-state index contributed by atoms with van der Waals surface area (Å²) in [5, 5.41) is 7.98. The predicted octanol–water partition coefficient (Wildman–Crippen LogP) is 1.77. The van der Waals surface area contributed by atoms with Gasteiger partial charge in [0.15, 0.2) is 0 Å². The summed E-state index contributed by atoms with van der Waals surface area (Å²) in [5.74, 6) is 0.953. The fourth-order valence-corrected chi connectivity index (χ4v) is 2.19. The first-order valence-corrected chi connectivity index (χ1v) is 6.24. The third-order valence-electron chi connectivity index (χ3n) is 3.49. The lowest BCUT2D eigenvalue weighted by atomic mass is 9.92. The smallest absolute Gasteiger partial charge is 0.148 e. The van der Waals surface area contributed by atoms with Crippen LogP contribution in [-0.2, 0) is 11.3 Å². The monoisotopic (exact) mass is 238 g/mol. The van der Waals surface area contributed by atoms with Crippen molar-refractivity contribution in [2.45, 2.75) is 45.7 Å². The standard InChI is InChI=1S/C12H22N4O/c1-4-16-11(10(13)9(2)15-16)14-12(3)5-7-17-8-6-12/h14H,4-8,13H2,1-3H3. The number of hydrogen-bond donors (Lipinski definition) is 2. The van der Waals surface area contributed by atoms with E-state index in [1.54, 1.807) is 0 Å². The Balaban J connectivity index is 2.22. The fraction of sp³-hybridized carbons (Fsp3) is 0.750. The zero-order valence-electron chi connectivity index (χ0n) is 10.9. The van der Waals surface area contributed by atoms with Crippen LogP contribution >= 0.6 is 0 Å². The molecule has 1 aliphatic heterocycles. The Morgan fingerprint density at radius 2 is 2.12 bits per heavy atom. The Labute approximate surface area is 102 Å². The van der Waals surface area contributed by atoms with Crippen LogP contribution in [0.3, 0.4) is 0 Å². The van der Waals surface area contributed by atoms with Crippen LogP contribution in [0, 0.1) is 6.92 Å². The Bertz CT molecular complexity index is 393. The summed E-state index contributed by atoms with van der Waals surface area (Å²) in [6.07, 6.45) is 2.00. The third kappa shape index (κ3) is 2.39. The summed E-state index contributed by atoms with van der Waals surface area (Å²) in [6.45, 7) is 8.68. The molecule has 0 aliphatic carbocycles. The molecule has 0 amide bonds. The van der Waals surface area contributed by atoms with E-state index in [1.807, 2.05) is 11.6 Å². The van der Waals surface area contributed by atoms with Gasteiger partial charge in [-0.15, -0.1) is 0 Å². The predicted molar refractivity (Wildman–Crippen MR) is 69.1 cm³/mol. The third-order valence-corrected chi connectivity index (χ3v) is 3.49. The minimum atomic E-state index is 0.0613. The molecule has 5 heteroatoms. The molecule has 3 N–H and O–H groups in total. The van der Waals surface area contributed by atoms with E-state index < -0.39 is 0 Å². The molecule has 0 spiro atoms. The number of ether oxygens (including phenoxy) is 1. The maximum atomic E-state index is 6.08. The van der Waals surface area contributed by atoms with Gasteiger partial charge in [-0.05, 0) is 33.6 Å². The van der Waals surface area contributed by atoms with Crippen LogP contribution in [0.2, 0.25) is 0 Å². The van der Waals surface area contributed by atoms with E-state index in [0.29, 0.717) is 0 Å². The molecule has 1 fully saturated rings. The van der Waals surface area contributed by atoms with Crippen molar-refractivity contribution in [2.24, 2.45) is 0 Å². The zero-order valence-corrected chi connectivity index (χ0v) is 10.9. The molecule has 0 saturated carbocycles. The highest BCUT2D eigenvalue weighted by atomic mass is 16.5. The lowest BCUT2D eigenvalue weighted by molar-refractivity contribution is 0.0656. The van der Waals surface area contributed by atoms with Crippen molar-refractivity contribution in [2.75, 3.05) is 24.3 Å². The fourth-order valence-electron chi connectivity index (χ4n) is 2.19. The van der Waals surface area contributed by atoms with Gasteiger partial charge in [-0.2, -0.15) is 5.10 Å². The average Bonchev–Trinajstić information content (AvgIpc) is 2.57. The highest BCUT2D eigenvalue weighted by Gasteiger charge is 2.29. The summed E-state index contributed by atoms with van der Waals surface area (Å²) < 4.78 is 7.34.